The van der Waals surface area contributed by atoms with E-state index in [1.54, 1.807) is 0 Å². The molecule has 1 heterocycles. The third-order valence-corrected chi connectivity index (χ3v) is 12.7. The minimum Gasteiger partial charge on any atom is -0.462 e. The number of aromatic nitrogens is 2. The Balaban J connectivity index is 0.970. The van der Waals surface area contributed by atoms with Gasteiger partial charge in [-0.3, -0.25) is 19.2 Å². The number of aryl methyl sites for hydroxylation is 6. The van der Waals surface area contributed by atoms with Crippen LogP contribution in [0.4, 0.5) is 0 Å². The smallest absolute Gasteiger partial charge is 0.314 e. The molecule has 0 spiro atoms. The molecule has 2 saturated carbocycles. The average molecular weight is 855 g/mol. The molecular weight excluding hydrogens is 793 g/mol. The Morgan fingerprint density at radius 2 is 0.905 bits per heavy atom. The van der Waals surface area contributed by atoms with Crippen molar-refractivity contribution in [2.24, 2.45) is 11.8 Å². The molecule has 0 radical (unpaired) electrons. The number of carbonyl (C=O) groups excluding carboxylic acids is 4. The van der Waals surface area contributed by atoms with E-state index in [-0.39, 0.29) is 53.7 Å². The van der Waals surface area contributed by atoms with Crippen molar-refractivity contribution in [1.29, 1.82) is 0 Å². The quantitative estimate of drug-likeness (QED) is 0.0506. The number of hydrogen-bond acceptors (Lipinski definition) is 10. The van der Waals surface area contributed by atoms with Crippen molar-refractivity contribution in [3.8, 4) is 11.5 Å². The van der Waals surface area contributed by atoms with Gasteiger partial charge in [0.05, 0.1) is 23.2 Å². The predicted molar refractivity (Wildman–Crippen MR) is 244 cm³/mol. The first-order valence-corrected chi connectivity index (χ1v) is 23.3. The Bertz CT molecular complexity index is 2380. The van der Waals surface area contributed by atoms with E-state index < -0.39 is 0 Å². The number of carbonyl (C=O) groups is 4. The van der Waals surface area contributed by atoms with Crippen molar-refractivity contribution in [2.75, 3.05) is 0 Å². The summed E-state index contributed by atoms with van der Waals surface area (Å²) in [5.74, 6) is -1.37. The Morgan fingerprint density at radius 1 is 0.524 bits per heavy atom. The van der Waals surface area contributed by atoms with Crippen molar-refractivity contribution in [3.63, 3.8) is 0 Å². The van der Waals surface area contributed by atoms with Crippen LogP contribution in [0.1, 0.15) is 131 Å². The normalized spacial score (nSPS) is 18.8. The van der Waals surface area contributed by atoms with E-state index in [0.717, 1.165) is 42.5 Å². The average Bonchev–Trinajstić information content (AvgIpc) is 3.30. The molecule has 0 unspecified atom stereocenters. The zero-order valence-corrected chi connectivity index (χ0v) is 37.4. The van der Waals surface area contributed by atoms with Gasteiger partial charge in [-0.2, -0.15) is 0 Å². The third kappa shape index (κ3) is 11.7. The summed E-state index contributed by atoms with van der Waals surface area (Å²) >= 11 is 0. The second-order valence-electron chi connectivity index (χ2n) is 17.4. The van der Waals surface area contributed by atoms with E-state index >= 15 is 0 Å². The molecule has 0 amide bonds. The molecule has 2 aliphatic rings. The highest BCUT2D eigenvalue weighted by molar-refractivity contribution is 6.10. The van der Waals surface area contributed by atoms with Crippen LogP contribution in [0.3, 0.4) is 0 Å². The van der Waals surface area contributed by atoms with Crippen molar-refractivity contribution in [2.45, 2.75) is 149 Å². The van der Waals surface area contributed by atoms with Crippen molar-refractivity contribution in [1.82, 2.24) is 9.97 Å². The molecule has 1 aromatic heterocycles. The highest BCUT2D eigenvalue weighted by atomic mass is 16.6. The summed E-state index contributed by atoms with van der Waals surface area (Å²) in [4.78, 5) is 63.3. The molecule has 10 nitrogen and oxygen atoms in total. The van der Waals surface area contributed by atoms with Gasteiger partial charge in [-0.1, -0.05) is 106 Å². The van der Waals surface area contributed by atoms with Crippen LogP contribution in [0.15, 0.2) is 72.8 Å². The van der Waals surface area contributed by atoms with Crippen LogP contribution in [0.2, 0.25) is 0 Å². The highest BCUT2D eigenvalue weighted by Gasteiger charge is 2.33. The predicted octanol–water partition coefficient (Wildman–Crippen LogP) is 10.8. The zero-order valence-electron chi connectivity index (χ0n) is 37.4. The van der Waals surface area contributed by atoms with Gasteiger partial charge in [-0.25, -0.2) is 9.97 Å². The molecule has 4 aromatic carbocycles. The summed E-state index contributed by atoms with van der Waals surface area (Å²) in [7, 11) is 0. The van der Waals surface area contributed by atoms with Crippen LogP contribution in [0.5, 0.6) is 11.5 Å². The lowest BCUT2D eigenvalue weighted by molar-refractivity contribution is -0.153. The molecule has 2 aliphatic carbocycles. The summed E-state index contributed by atoms with van der Waals surface area (Å²) in [6.45, 7) is 8.19. The number of ether oxygens (including phenoxy) is 4. The second kappa shape index (κ2) is 21.6. The Labute approximate surface area is 371 Å². The van der Waals surface area contributed by atoms with E-state index in [2.05, 4.69) is 62.4 Å². The summed E-state index contributed by atoms with van der Waals surface area (Å²) in [5.41, 5.74) is 7.00. The van der Waals surface area contributed by atoms with Crippen LogP contribution in [-0.4, -0.2) is 46.1 Å². The molecule has 2 fully saturated rings. The maximum atomic E-state index is 13.9. The lowest BCUT2D eigenvalue weighted by Gasteiger charge is -2.28. The molecular formula is C53H62N2O8. The Morgan fingerprint density at radius 3 is 1.29 bits per heavy atom. The first kappa shape index (κ1) is 45.4. The lowest BCUT2D eigenvalue weighted by atomic mass is 9.87. The summed E-state index contributed by atoms with van der Waals surface area (Å²) in [6, 6.07) is 24.2. The van der Waals surface area contributed by atoms with E-state index in [1.807, 2.05) is 38.1 Å². The number of fused-ring (bicyclic) bond motifs is 2. The topological polar surface area (TPSA) is 131 Å². The van der Waals surface area contributed by atoms with Gasteiger partial charge in [-0.05, 0) is 113 Å². The number of rotatable bonds is 17. The van der Waals surface area contributed by atoms with Crippen LogP contribution in [0.25, 0.3) is 21.8 Å². The first-order chi connectivity index (χ1) is 30.6. The monoisotopic (exact) mass is 854 g/mol. The molecule has 0 aliphatic heterocycles. The van der Waals surface area contributed by atoms with Gasteiger partial charge in [-0.15, -0.1) is 0 Å². The van der Waals surface area contributed by atoms with Crippen molar-refractivity contribution in [3.05, 3.63) is 106 Å². The lowest BCUT2D eigenvalue weighted by Crippen LogP contribution is -2.30. The van der Waals surface area contributed by atoms with Gasteiger partial charge < -0.3 is 18.9 Å². The molecule has 332 valence electrons. The van der Waals surface area contributed by atoms with Crippen LogP contribution in [0, 0.1) is 18.8 Å². The first-order valence-electron chi connectivity index (χ1n) is 23.3. The fourth-order valence-corrected chi connectivity index (χ4v) is 9.05. The molecule has 0 atom stereocenters. The van der Waals surface area contributed by atoms with Crippen LogP contribution in [-0.2, 0) is 60.8 Å². The number of benzene rings is 4. The summed E-state index contributed by atoms with van der Waals surface area (Å²) in [5, 5.41) is 1.19. The Hall–Kier alpha value is -5.64. The van der Waals surface area contributed by atoms with Crippen LogP contribution >= 0.6 is 0 Å². The van der Waals surface area contributed by atoms with E-state index in [9.17, 15) is 19.2 Å². The van der Waals surface area contributed by atoms with Gasteiger partial charge in [0, 0.05) is 23.6 Å². The standard InChI is InChI=1S/C53H62N2O8/c1-5-10-35-14-18-37(19-15-35)22-32-46(56)60-41-28-24-39(25-29-41)52(58)62-50-43-12-8-9-13-44(43)51(49-48(50)54-34(4)45(7-3)55-49)63-53(59)40-26-30-42(31-27-40)61-47(57)33-23-38-20-16-36(11-6-2)17-21-38/h8-9,12-21,39-42H,5-7,10-11,22-33H2,1-4H3. The fraction of sp³-hybridized carbons (Fsp3) is 0.472. The number of nitrogens with zero attached hydrogens (tertiary/aromatic N) is 2. The molecule has 10 heteroatoms. The fourth-order valence-electron chi connectivity index (χ4n) is 9.05. The largest absolute Gasteiger partial charge is 0.462 e. The maximum Gasteiger partial charge on any atom is 0.314 e. The molecule has 0 N–H and O–H groups in total. The highest BCUT2D eigenvalue weighted by Crippen LogP contribution is 2.43. The van der Waals surface area contributed by atoms with Gasteiger partial charge in [0.2, 0.25) is 0 Å². The van der Waals surface area contributed by atoms with E-state index in [1.165, 1.54) is 11.1 Å². The minimum absolute atomic E-state index is 0.220. The van der Waals surface area contributed by atoms with Crippen LogP contribution < -0.4 is 9.47 Å². The van der Waals surface area contributed by atoms with E-state index in [0.29, 0.717) is 117 Å². The van der Waals surface area contributed by atoms with Crippen molar-refractivity contribution >= 4 is 45.7 Å². The SMILES string of the molecule is CCCc1ccc(CCC(=O)OC2CCC(C(=O)Oc3c4ccccc4c(OC(=O)C4CCC(OC(=O)CCc5ccc(CCC)cc5)CC4)c4nc(CC)c(C)nc34)CC2)cc1. The third-order valence-electron chi connectivity index (χ3n) is 12.7. The summed E-state index contributed by atoms with van der Waals surface area (Å²) in [6.07, 6.45) is 10.7. The van der Waals surface area contributed by atoms with Gasteiger partial charge in [0.15, 0.2) is 11.5 Å². The Kier molecular flexibility index (Phi) is 15.6. The minimum atomic E-state index is -0.381. The zero-order chi connectivity index (χ0) is 44.3. The van der Waals surface area contributed by atoms with Gasteiger partial charge in [0.1, 0.15) is 23.2 Å². The van der Waals surface area contributed by atoms with Gasteiger partial charge in [0.25, 0.3) is 0 Å². The molecule has 0 saturated heterocycles. The second-order valence-corrected chi connectivity index (χ2v) is 17.4. The van der Waals surface area contributed by atoms with E-state index in [4.69, 9.17) is 28.9 Å². The summed E-state index contributed by atoms with van der Waals surface area (Å²) < 4.78 is 24.3. The molecule has 5 aromatic rings. The molecule has 0 bridgehead atoms. The van der Waals surface area contributed by atoms with Gasteiger partial charge >= 0.3 is 23.9 Å². The number of esters is 4. The number of hydrogen-bond donors (Lipinski definition) is 0. The molecule has 63 heavy (non-hydrogen) atoms. The maximum absolute atomic E-state index is 13.9. The van der Waals surface area contributed by atoms with Crippen molar-refractivity contribution < 1.29 is 38.1 Å². The molecule has 7 rings (SSSR count).